The zero-order valence-electron chi connectivity index (χ0n) is 14.0. The number of aryl methyl sites for hydroxylation is 2. The third-order valence-corrected chi connectivity index (χ3v) is 4.35. The van der Waals surface area contributed by atoms with Crippen LogP contribution in [0.4, 0.5) is 10.5 Å². The van der Waals surface area contributed by atoms with E-state index in [1.54, 1.807) is 6.92 Å². The smallest absolute Gasteiger partial charge is 0.411 e. The van der Waals surface area contributed by atoms with Crippen LogP contribution in [-0.4, -0.2) is 32.3 Å². The molecule has 1 N–H and O–H groups in total. The van der Waals surface area contributed by atoms with Crippen LogP contribution < -0.4 is 5.32 Å². The number of carbonyl (C=O) groups is 1. The molecule has 1 aliphatic carbocycles. The molecule has 0 spiro atoms. The SMILES string of the molecule is CCOC(=O)Nc1ccc(-c2cn3c4c(nnc3n2)CCCC4)cc1. The van der Waals surface area contributed by atoms with Gasteiger partial charge < -0.3 is 4.74 Å². The maximum Gasteiger partial charge on any atom is 0.411 e. The number of nitrogens with zero attached hydrogens (tertiary/aromatic N) is 4. The van der Waals surface area contributed by atoms with Crippen molar-refractivity contribution in [2.24, 2.45) is 0 Å². The van der Waals surface area contributed by atoms with E-state index in [0.29, 0.717) is 18.1 Å². The minimum atomic E-state index is -0.454. The number of fused-ring (bicyclic) bond motifs is 3. The van der Waals surface area contributed by atoms with Gasteiger partial charge in [0.05, 0.1) is 18.0 Å². The van der Waals surface area contributed by atoms with E-state index in [2.05, 4.69) is 24.9 Å². The Kier molecular flexibility index (Phi) is 4.05. The summed E-state index contributed by atoms with van der Waals surface area (Å²) in [5.41, 5.74) is 4.79. The lowest BCUT2D eigenvalue weighted by Crippen LogP contribution is -2.13. The van der Waals surface area contributed by atoms with E-state index in [0.717, 1.165) is 29.8 Å². The maximum absolute atomic E-state index is 11.5. The summed E-state index contributed by atoms with van der Waals surface area (Å²) in [4.78, 5) is 16.0. The van der Waals surface area contributed by atoms with Crippen molar-refractivity contribution in [1.29, 1.82) is 0 Å². The normalized spacial score (nSPS) is 13.5. The molecule has 7 nitrogen and oxygen atoms in total. The molecule has 0 fully saturated rings. The fourth-order valence-corrected chi connectivity index (χ4v) is 3.13. The van der Waals surface area contributed by atoms with E-state index in [4.69, 9.17) is 4.74 Å². The predicted molar refractivity (Wildman–Crippen MR) is 93.5 cm³/mol. The summed E-state index contributed by atoms with van der Waals surface area (Å²) in [6.07, 6.45) is 5.91. The molecule has 25 heavy (non-hydrogen) atoms. The fraction of sp³-hybridized carbons (Fsp3) is 0.333. The first-order valence-corrected chi connectivity index (χ1v) is 8.52. The number of aromatic nitrogens is 4. The second kappa shape index (κ2) is 6.51. The molecule has 0 aliphatic heterocycles. The molecular formula is C18H19N5O2. The third-order valence-electron chi connectivity index (χ3n) is 4.35. The molecule has 1 aromatic carbocycles. The first-order chi connectivity index (χ1) is 12.2. The van der Waals surface area contributed by atoms with Gasteiger partial charge in [0.25, 0.3) is 5.78 Å². The summed E-state index contributed by atoms with van der Waals surface area (Å²) >= 11 is 0. The number of hydrogen-bond acceptors (Lipinski definition) is 5. The topological polar surface area (TPSA) is 81.4 Å². The highest BCUT2D eigenvalue weighted by Crippen LogP contribution is 2.24. The van der Waals surface area contributed by atoms with Gasteiger partial charge in [-0.05, 0) is 44.7 Å². The average Bonchev–Trinajstić information content (AvgIpc) is 3.07. The number of amides is 1. The second-order valence-corrected chi connectivity index (χ2v) is 6.02. The third kappa shape index (κ3) is 3.05. The summed E-state index contributed by atoms with van der Waals surface area (Å²) in [5, 5.41) is 11.3. The fourth-order valence-electron chi connectivity index (χ4n) is 3.13. The summed E-state index contributed by atoms with van der Waals surface area (Å²) < 4.78 is 6.93. The van der Waals surface area contributed by atoms with Crippen molar-refractivity contribution in [2.45, 2.75) is 32.6 Å². The lowest BCUT2D eigenvalue weighted by molar-refractivity contribution is 0.168. The Morgan fingerprint density at radius 1 is 1.20 bits per heavy atom. The molecule has 0 bridgehead atoms. The molecular weight excluding hydrogens is 318 g/mol. The van der Waals surface area contributed by atoms with Crippen LogP contribution in [0.15, 0.2) is 30.5 Å². The number of ether oxygens (including phenoxy) is 1. The van der Waals surface area contributed by atoms with Gasteiger partial charge in [0.1, 0.15) is 0 Å². The van der Waals surface area contributed by atoms with Gasteiger partial charge in [-0.15, -0.1) is 5.10 Å². The minimum Gasteiger partial charge on any atom is -0.450 e. The van der Waals surface area contributed by atoms with E-state index >= 15 is 0 Å². The standard InChI is InChI=1S/C18H19N5O2/c1-2-25-18(24)19-13-9-7-12(8-10-13)15-11-23-16-6-4-3-5-14(16)21-22-17(23)20-15/h7-11H,2-6H2,1H3,(H,19,24). The Morgan fingerprint density at radius 3 is 2.80 bits per heavy atom. The van der Waals surface area contributed by atoms with Crippen molar-refractivity contribution < 1.29 is 9.53 Å². The Labute approximate surface area is 145 Å². The molecule has 0 radical (unpaired) electrons. The van der Waals surface area contributed by atoms with E-state index in [9.17, 15) is 4.79 Å². The number of benzene rings is 1. The van der Waals surface area contributed by atoms with Gasteiger partial charge in [0.2, 0.25) is 0 Å². The number of rotatable bonds is 3. The van der Waals surface area contributed by atoms with Crippen LogP contribution in [0.25, 0.3) is 17.0 Å². The summed E-state index contributed by atoms with van der Waals surface area (Å²) in [6, 6.07) is 7.50. The number of imidazole rings is 1. The second-order valence-electron chi connectivity index (χ2n) is 6.02. The van der Waals surface area contributed by atoms with Gasteiger partial charge in [-0.1, -0.05) is 12.1 Å². The molecule has 0 unspecified atom stereocenters. The number of nitrogens with one attached hydrogen (secondary N) is 1. The quantitative estimate of drug-likeness (QED) is 0.793. The zero-order valence-corrected chi connectivity index (χ0v) is 14.0. The van der Waals surface area contributed by atoms with E-state index < -0.39 is 6.09 Å². The van der Waals surface area contributed by atoms with Crippen molar-refractivity contribution in [3.63, 3.8) is 0 Å². The van der Waals surface area contributed by atoms with Gasteiger partial charge >= 0.3 is 6.09 Å². The molecule has 2 aromatic heterocycles. The zero-order chi connectivity index (χ0) is 17.2. The van der Waals surface area contributed by atoms with Gasteiger partial charge in [-0.3, -0.25) is 9.72 Å². The summed E-state index contributed by atoms with van der Waals surface area (Å²) in [6.45, 7) is 2.12. The first-order valence-electron chi connectivity index (χ1n) is 8.52. The highest BCUT2D eigenvalue weighted by atomic mass is 16.5. The largest absolute Gasteiger partial charge is 0.450 e. The molecule has 3 aromatic rings. The summed E-state index contributed by atoms with van der Waals surface area (Å²) in [5.74, 6) is 0.629. The first kappa shape index (κ1) is 15.6. The molecule has 4 rings (SSSR count). The van der Waals surface area contributed by atoms with Crippen LogP contribution in [0.5, 0.6) is 0 Å². The Morgan fingerprint density at radius 2 is 2.00 bits per heavy atom. The minimum absolute atomic E-state index is 0.344. The van der Waals surface area contributed by atoms with Crippen LogP contribution >= 0.6 is 0 Å². The molecule has 2 heterocycles. The number of hydrogen-bond donors (Lipinski definition) is 1. The Bertz CT molecular complexity index is 917. The average molecular weight is 337 g/mol. The molecule has 0 atom stereocenters. The van der Waals surface area contributed by atoms with Gasteiger partial charge in [0, 0.05) is 23.1 Å². The summed E-state index contributed by atoms with van der Waals surface area (Å²) in [7, 11) is 0. The highest BCUT2D eigenvalue weighted by molar-refractivity contribution is 5.85. The van der Waals surface area contributed by atoms with Crippen molar-refractivity contribution in [3.05, 3.63) is 41.9 Å². The van der Waals surface area contributed by atoms with Crippen LogP contribution in [0, 0.1) is 0 Å². The van der Waals surface area contributed by atoms with Gasteiger partial charge in [0.15, 0.2) is 0 Å². The maximum atomic E-state index is 11.5. The number of anilines is 1. The lowest BCUT2D eigenvalue weighted by atomic mass is 10.0. The van der Waals surface area contributed by atoms with E-state index in [-0.39, 0.29) is 0 Å². The molecule has 1 amide bonds. The highest BCUT2D eigenvalue weighted by Gasteiger charge is 2.17. The Balaban J connectivity index is 1.62. The van der Waals surface area contributed by atoms with Crippen molar-refractivity contribution in [2.75, 3.05) is 11.9 Å². The van der Waals surface area contributed by atoms with Crippen LogP contribution in [0.2, 0.25) is 0 Å². The Hall–Kier alpha value is -2.96. The van der Waals surface area contributed by atoms with E-state index in [1.165, 1.54) is 18.5 Å². The van der Waals surface area contributed by atoms with Crippen molar-refractivity contribution >= 4 is 17.6 Å². The number of carbonyl (C=O) groups excluding carboxylic acids is 1. The molecule has 128 valence electrons. The van der Waals surface area contributed by atoms with Gasteiger partial charge in [-0.2, -0.15) is 5.10 Å². The van der Waals surface area contributed by atoms with E-state index in [1.807, 2.05) is 30.5 Å². The van der Waals surface area contributed by atoms with Crippen LogP contribution in [0.1, 0.15) is 31.2 Å². The molecule has 1 aliphatic rings. The van der Waals surface area contributed by atoms with Crippen molar-refractivity contribution in [1.82, 2.24) is 19.6 Å². The van der Waals surface area contributed by atoms with Gasteiger partial charge in [-0.25, -0.2) is 9.78 Å². The monoisotopic (exact) mass is 337 g/mol. The predicted octanol–water partition coefficient (Wildman–Crippen LogP) is 3.24. The van der Waals surface area contributed by atoms with Crippen LogP contribution in [0.3, 0.4) is 0 Å². The molecule has 7 heteroatoms. The van der Waals surface area contributed by atoms with Crippen LogP contribution in [-0.2, 0) is 17.6 Å². The molecule has 0 saturated heterocycles. The van der Waals surface area contributed by atoms with Crippen molar-refractivity contribution in [3.8, 4) is 11.3 Å². The lowest BCUT2D eigenvalue weighted by Gasteiger charge is -2.14. The molecule has 0 saturated carbocycles.